The van der Waals surface area contributed by atoms with Crippen LogP contribution in [0.4, 0.5) is 0 Å². The molecule has 1 aliphatic heterocycles. The van der Waals surface area contributed by atoms with Crippen LogP contribution in [-0.2, 0) is 15.6 Å². The van der Waals surface area contributed by atoms with Gasteiger partial charge < -0.3 is 4.90 Å². The van der Waals surface area contributed by atoms with Crippen LogP contribution in [0.1, 0.15) is 17.4 Å². The smallest absolute Gasteiger partial charge is 0.246 e. The Morgan fingerprint density at radius 1 is 1.44 bits per heavy atom. The Morgan fingerprint density at radius 3 is 2.96 bits per heavy atom. The summed E-state index contributed by atoms with van der Waals surface area (Å²) >= 11 is 6.31. The number of hydrogen-bond donors (Lipinski definition) is 0. The van der Waals surface area contributed by atoms with Gasteiger partial charge in [-0.05, 0) is 42.8 Å². The molecule has 25 heavy (non-hydrogen) atoms. The van der Waals surface area contributed by atoms with Crippen molar-refractivity contribution < 1.29 is 9.00 Å². The minimum atomic E-state index is -0.968. The molecule has 1 aliphatic rings. The maximum absolute atomic E-state index is 12.2. The third-order valence-corrected chi connectivity index (χ3v) is 5.66. The number of nitrogens with zero attached hydrogens (tertiary/aromatic N) is 3. The maximum Gasteiger partial charge on any atom is 0.246 e. The molecule has 1 aromatic heterocycles. The molecule has 7 heteroatoms. The summed E-state index contributed by atoms with van der Waals surface area (Å²) in [5.74, 6) is 1.37. The number of halogens is 1. The SMILES string of the molecule is C=CC(=O)N1CCS(=O)CC1c1cc(Cl)cc(-c2ccnc(C)n2)c1. The van der Waals surface area contributed by atoms with E-state index in [0.717, 1.165) is 16.8 Å². The average Bonchev–Trinajstić information content (AvgIpc) is 2.60. The summed E-state index contributed by atoms with van der Waals surface area (Å²) in [5.41, 5.74) is 2.45. The lowest BCUT2D eigenvalue weighted by Crippen LogP contribution is -2.43. The highest BCUT2D eigenvalue weighted by molar-refractivity contribution is 7.85. The van der Waals surface area contributed by atoms with Gasteiger partial charge in [-0.15, -0.1) is 0 Å². The van der Waals surface area contributed by atoms with Crippen LogP contribution in [0.25, 0.3) is 11.3 Å². The molecule has 3 rings (SSSR count). The van der Waals surface area contributed by atoms with Gasteiger partial charge in [-0.2, -0.15) is 0 Å². The minimum Gasteiger partial charge on any atom is -0.330 e. The number of aryl methyl sites for hydroxylation is 1. The normalized spacial score (nSPS) is 20.3. The van der Waals surface area contributed by atoms with Gasteiger partial charge in [0, 0.05) is 45.6 Å². The summed E-state index contributed by atoms with van der Waals surface area (Å²) in [6, 6.07) is 7.11. The molecule has 0 aliphatic carbocycles. The molecule has 2 unspecified atom stereocenters. The van der Waals surface area contributed by atoms with Crippen molar-refractivity contribution in [3.8, 4) is 11.3 Å². The van der Waals surface area contributed by atoms with Gasteiger partial charge >= 0.3 is 0 Å². The van der Waals surface area contributed by atoms with Crippen molar-refractivity contribution in [2.45, 2.75) is 13.0 Å². The van der Waals surface area contributed by atoms with Gasteiger partial charge in [-0.1, -0.05) is 18.2 Å². The van der Waals surface area contributed by atoms with E-state index in [1.54, 1.807) is 11.1 Å². The van der Waals surface area contributed by atoms with Crippen molar-refractivity contribution in [3.63, 3.8) is 0 Å². The Morgan fingerprint density at radius 2 is 2.24 bits per heavy atom. The summed E-state index contributed by atoms with van der Waals surface area (Å²) < 4.78 is 12.1. The highest BCUT2D eigenvalue weighted by Crippen LogP contribution is 2.31. The van der Waals surface area contributed by atoms with Crippen molar-refractivity contribution in [2.24, 2.45) is 0 Å². The molecule has 2 aromatic rings. The number of aromatic nitrogens is 2. The molecule has 0 saturated carbocycles. The molecule has 0 N–H and O–H groups in total. The molecule has 0 bridgehead atoms. The predicted octanol–water partition coefficient (Wildman–Crippen LogP) is 2.92. The molecule has 0 spiro atoms. The van der Waals surface area contributed by atoms with Crippen molar-refractivity contribution >= 4 is 28.3 Å². The van der Waals surface area contributed by atoms with Gasteiger partial charge in [-0.25, -0.2) is 9.97 Å². The molecule has 1 aromatic carbocycles. The number of rotatable bonds is 3. The van der Waals surface area contributed by atoms with Crippen LogP contribution in [0.5, 0.6) is 0 Å². The zero-order valence-electron chi connectivity index (χ0n) is 13.8. The number of benzene rings is 1. The number of hydrogen-bond acceptors (Lipinski definition) is 4. The average molecular weight is 376 g/mol. The zero-order chi connectivity index (χ0) is 18.0. The number of amides is 1. The van der Waals surface area contributed by atoms with E-state index in [2.05, 4.69) is 16.5 Å². The molecular formula is C18H18ClN3O2S. The molecule has 0 radical (unpaired) electrons. The fraction of sp³-hybridized carbons (Fsp3) is 0.278. The largest absolute Gasteiger partial charge is 0.330 e. The molecule has 5 nitrogen and oxygen atoms in total. The molecule has 2 atom stereocenters. The van der Waals surface area contributed by atoms with Crippen molar-refractivity contribution in [1.82, 2.24) is 14.9 Å². The lowest BCUT2D eigenvalue weighted by Gasteiger charge is -2.35. The number of carbonyl (C=O) groups excluding carboxylic acids is 1. The second-order valence-corrected chi connectivity index (χ2v) is 7.88. The summed E-state index contributed by atoms with van der Waals surface area (Å²) in [5, 5.41) is 0.547. The second-order valence-electron chi connectivity index (χ2n) is 5.82. The van der Waals surface area contributed by atoms with E-state index in [1.165, 1.54) is 6.08 Å². The van der Waals surface area contributed by atoms with Gasteiger partial charge in [0.1, 0.15) is 5.82 Å². The first-order valence-corrected chi connectivity index (χ1v) is 9.73. The van der Waals surface area contributed by atoms with E-state index in [4.69, 9.17) is 11.6 Å². The molecule has 1 saturated heterocycles. The maximum atomic E-state index is 12.2. The lowest BCUT2D eigenvalue weighted by atomic mass is 10.0. The molecule has 1 amide bonds. The minimum absolute atomic E-state index is 0.166. The molecular weight excluding hydrogens is 358 g/mol. The third-order valence-electron chi connectivity index (χ3n) is 4.11. The molecule has 2 heterocycles. The Bertz CT molecular complexity index is 856. The highest BCUT2D eigenvalue weighted by Gasteiger charge is 2.30. The Kier molecular flexibility index (Phi) is 5.30. The van der Waals surface area contributed by atoms with Crippen LogP contribution < -0.4 is 0 Å². The molecule has 130 valence electrons. The third kappa shape index (κ3) is 3.96. The van der Waals surface area contributed by atoms with Crippen LogP contribution in [0.2, 0.25) is 5.02 Å². The first kappa shape index (κ1) is 17.8. The zero-order valence-corrected chi connectivity index (χ0v) is 15.4. The molecule has 1 fully saturated rings. The van der Waals surface area contributed by atoms with Crippen molar-refractivity contribution in [1.29, 1.82) is 0 Å². The standard InChI is InChI=1S/C18H18ClN3O2S/c1-3-18(23)22-6-7-25(24)11-17(22)14-8-13(9-15(19)10-14)16-4-5-20-12(2)21-16/h3-5,8-10,17H,1,6-7,11H2,2H3. The van der Waals surface area contributed by atoms with Gasteiger partial charge in [0.2, 0.25) is 5.91 Å². The summed E-state index contributed by atoms with van der Waals surface area (Å²) in [6.07, 6.45) is 2.99. The fourth-order valence-corrected chi connectivity index (χ4v) is 4.47. The van der Waals surface area contributed by atoms with Crippen molar-refractivity contribution in [2.75, 3.05) is 18.1 Å². The highest BCUT2D eigenvalue weighted by atomic mass is 35.5. The van der Waals surface area contributed by atoms with Crippen LogP contribution in [0.15, 0.2) is 43.1 Å². The van der Waals surface area contributed by atoms with Gasteiger partial charge in [-0.3, -0.25) is 9.00 Å². The van der Waals surface area contributed by atoms with E-state index < -0.39 is 10.8 Å². The van der Waals surface area contributed by atoms with E-state index in [0.29, 0.717) is 28.9 Å². The lowest BCUT2D eigenvalue weighted by molar-refractivity contribution is -0.127. The quantitative estimate of drug-likeness (QED) is 0.774. The first-order valence-electron chi connectivity index (χ1n) is 7.86. The topological polar surface area (TPSA) is 63.2 Å². The summed E-state index contributed by atoms with van der Waals surface area (Å²) in [6.45, 7) is 5.83. The Labute approximate surface area is 154 Å². The van der Waals surface area contributed by atoms with E-state index in [-0.39, 0.29) is 11.9 Å². The van der Waals surface area contributed by atoms with Crippen LogP contribution in [-0.4, -0.2) is 43.0 Å². The van der Waals surface area contributed by atoms with Crippen LogP contribution >= 0.6 is 11.6 Å². The Balaban J connectivity index is 2.04. The van der Waals surface area contributed by atoms with E-state index in [1.807, 2.05) is 31.2 Å². The van der Waals surface area contributed by atoms with Gasteiger partial charge in [0.25, 0.3) is 0 Å². The summed E-state index contributed by atoms with van der Waals surface area (Å²) in [7, 11) is -0.968. The van der Waals surface area contributed by atoms with Crippen molar-refractivity contribution in [3.05, 3.63) is 59.5 Å². The Hall–Kier alpha value is -2.05. The van der Waals surface area contributed by atoms with Crippen LogP contribution in [0, 0.1) is 6.92 Å². The summed E-state index contributed by atoms with van der Waals surface area (Å²) in [4.78, 5) is 22.4. The second kappa shape index (κ2) is 7.45. The van der Waals surface area contributed by atoms with Crippen LogP contribution in [0.3, 0.4) is 0 Å². The monoisotopic (exact) mass is 375 g/mol. The van der Waals surface area contributed by atoms with Gasteiger partial charge in [0.05, 0.1) is 11.7 Å². The van der Waals surface area contributed by atoms with Gasteiger partial charge in [0.15, 0.2) is 0 Å². The number of carbonyl (C=O) groups is 1. The first-order chi connectivity index (χ1) is 12.0. The fourth-order valence-electron chi connectivity index (χ4n) is 2.93. The van der Waals surface area contributed by atoms with E-state index in [9.17, 15) is 9.00 Å². The van der Waals surface area contributed by atoms with E-state index >= 15 is 0 Å². The predicted molar refractivity (Wildman–Crippen MR) is 99.7 cm³/mol.